The number of aryl methyl sites for hydroxylation is 2. The van der Waals surface area contributed by atoms with Crippen LogP contribution in [-0.2, 0) is 0 Å². The number of carbonyl (C=O) groups excluding carboxylic acids is 1. The van der Waals surface area contributed by atoms with Crippen LogP contribution in [0.15, 0.2) is 73.1 Å². The Morgan fingerprint density at radius 2 is 1.41 bits per heavy atom. The van der Waals surface area contributed by atoms with Crippen LogP contribution in [0.4, 0.5) is 0 Å². The third-order valence-corrected chi connectivity index (χ3v) is 4.65. The fraction of sp³-hybridized carbons (Fsp3) is 0.0833. The lowest BCUT2D eigenvalue weighted by Gasteiger charge is -2.10. The van der Waals surface area contributed by atoms with Crippen LogP contribution < -0.4 is 5.11 Å². The van der Waals surface area contributed by atoms with E-state index in [4.69, 9.17) is 0 Å². The standard InChI is InChI=1S/C24H19N3O2/c1-15-3-5-17(6-4-15)18-7-8-20(26-14-18)22-12-19(24(28)29)13-23(27-22)21-11-16(2)9-10-25-21/h3-14H,1-2H3,(H,28,29)/p-1. The Hall–Kier alpha value is -3.86. The lowest BCUT2D eigenvalue weighted by Crippen LogP contribution is -2.22. The molecule has 1 aromatic carbocycles. The Balaban J connectivity index is 1.75. The maximum atomic E-state index is 11.5. The Morgan fingerprint density at radius 3 is 2.03 bits per heavy atom. The highest BCUT2D eigenvalue weighted by atomic mass is 16.4. The molecule has 142 valence electrons. The summed E-state index contributed by atoms with van der Waals surface area (Å²) in [5.41, 5.74) is 6.40. The highest BCUT2D eigenvalue weighted by Gasteiger charge is 2.10. The molecule has 0 N–H and O–H groups in total. The Kier molecular flexibility index (Phi) is 4.87. The molecule has 0 atom stereocenters. The summed E-state index contributed by atoms with van der Waals surface area (Å²) in [6.45, 7) is 3.99. The number of carboxylic acid groups (broad SMARTS) is 1. The molecule has 0 aliphatic carbocycles. The third-order valence-electron chi connectivity index (χ3n) is 4.65. The van der Waals surface area contributed by atoms with Gasteiger partial charge in [0.1, 0.15) is 0 Å². The molecule has 5 heteroatoms. The van der Waals surface area contributed by atoms with Crippen LogP contribution >= 0.6 is 0 Å². The van der Waals surface area contributed by atoms with E-state index in [1.165, 1.54) is 17.7 Å². The van der Waals surface area contributed by atoms with Crippen molar-refractivity contribution in [2.75, 3.05) is 0 Å². The van der Waals surface area contributed by atoms with Gasteiger partial charge in [-0.2, -0.15) is 0 Å². The number of hydrogen-bond acceptors (Lipinski definition) is 5. The molecule has 3 heterocycles. The second-order valence-corrected chi connectivity index (χ2v) is 6.93. The van der Waals surface area contributed by atoms with Crippen molar-refractivity contribution in [3.8, 4) is 33.9 Å². The van der Waals surface area contributed by atoms with Gasteiger partial charge in [-0.3, -0.25) is 9.97 Å². The Labute approximate surface area is 168 Å². The van der Waals surface area contributed by atoms with Crippen molar-refractivity contribution in [1.29, 1.82) is 0 Å². The molecule has 0 aliphatic rings. The number of benzene rings is 1. The lowest BCUT2D eigenvalue weighted by molar-refractivity contribution is -0.255. The molecule has 0 saturated heterocycles. The molecule has 3 aromatic heterocycles. The molecule has 0 amide bonds. The van der Waals surface area contributed by atoms with Crippen LogP contribution in [0.3, 0.4) is 0 Å². The van der Waals surface area contributed by atoms with Crippen LogP contribution in [0.25, 0.3) is 33.9 Å². The van der Waals surface area contributed by atoms with Crippen molar-refractivity contribution in [3.05, 3.63) is 89.7 Å². The quantitative estimate of drug-likeness (QED) is 0.537. The number of pyridine rings is 3. The molecule has 0 aliphatic heterocycles. The molecule has 0 spiro atoms. The molecule has 0 saturated carbocycles. The summed E-state index contributed by atoms with van der Waals surface area (Å²) in [7, 11) is 0. The number of hydrogen-bond donors (Lipinski definition) is 0. The number of rotatable bonds is 4. The first-order valence-electron chi connectivity index (χ1n) is 9.19. The van der Waals surface area contributed by atoms with E-state index in [0.717, 1.165) is 16.7 Å². The van der Waals surface area contributed by atoms with Gasteiger partial charge >= 0.3 is 0 Å². The van der Waals surface area contributed by atoms with E-state index in [-0.39, 0.29) is 5.56 Å². The average Bonchev–Trinajstić information content (AvgIpc) is 2.74. The fourth-order valence-electron chi connectivity index (χ4n) is 3.05. The van der Waals surface area contributed by atoms with Crippen LogP contribution in [-0.4, -0.2) is 20.9 Å². The van der Waals surface area contributed by atoms with Gasteiger partial charge in [0.05, 0.1) is 28.7 Å². The SMILES string of the molecule is Cc1ccc(-c2ccc(-c3cc(C(=O)[O-])cc(-c4cc(C)ccn4)n3)nc2)cc1. The first-order valence-corrected chi connectivity index (χ1v) is 9.19. The maximum absolute atomic E-state index is 11.5. The third kappa shape index (κ3) is 4.04. The van der Waals surface area contributed by atoms with Gasteiger partial charge in [0.25, 0.3) is 0 Å². The van der Waals surface area contributed by atoms with Gasteiger partial charge in [-0.1, -0.05) is 35.9 Å². The minimum Gasteiger partial charge on any atom is -0.545 e. The molecule has 0 fully saturated rings. The molecular weight excluding hydrogens is 362 g/mol. The van der Waals surface area contributed by atoms with Crippen molar-refractivity contribution >= 4 is 5.97 Å². The van der Waals surface area contributed by atoms with E-state index in [1.54, 1.807) is 12.4 Å². The zero-order chi connectivity index (χ0) is 20.4. The summed E-state index contributed by atoms with van der Waals surface area (Å²) < 4.78 is 0. The molecule has 5 nitrogen and oxygen atoms in total. The summed E-state index contributed by atoms with van der Waals surface area (Å²) >= 11 is 0. The van der Waals surface area contributed by atoms with Crippen molar-refractivity contribution in [3.63, 3.8) is 0 Å². The van der Waals surface area contributed by atoms with Gasteiger partial charge in [0, 0.05) is 23.5 Å². The maximum Gasteiger partial charge on any atom is 0.0901 e. The van der Waals surface area contributed by atoms with Crippen molar-refractivity contribution < 1.29 is 9.90 Å². The second kappa shape index (κ2) is 7.64. The zero-order valence-electron chi connectivity index (χ0n) is 16.1. The largest absolute Gasteiger partial charge is 0.545 e. The van der Waals surface area contributed by atoms with Crippen LogP contribution in [0.1, 0.15) is 21.5 Å². The number of nitrogens with zero attached hydrogens (tertiary/aromatic N) is 3. The molecule has 4 rings (SSSR count). The first kappa shape index (κ1) is 18.5. The van der Waals surface area contributed by atoms with E-state index in [0.29, 0.717) is 22.8 Å². The minimum absolute atomic E-state index is 0.0396. The molecule has 0 radical (unpaired) electrons. The Bertz CT molecular complexity index is 1180. The predicted octanol–water partition coefficient (Wildman–Crippen LogP) is 3.85. The molecule has 29 heavy (non-hydrogen) atoms. The molecular formula is C24H18N3O2-. The lowest BCUT2D eigenvalue weighted by atomic mass is 10.0. The fourth-order valence-corrected chi connectivity index (χ4v) is 3.05. The Morgan fingerprint density at radius 1 is 0.724 bits per heavy atom. The summed E-state index contributed by atoms with van der Waals surface area (Å²) in [5.74, 6) is -1.26. The van der Waals surface area contributed by atoms with Crippen LogP contribution in [0.5, 0.6) is 0 Å². The smallest absolute Gasteiger partial charge is 0.0901 e. The van der Waals surface area contributed by atoms with E-state index >= 15 is 0 Å². The van der Waals surface area contributed by atoms with E-state index in [2.05, 4.69) is 27.1 Å². The van der Waals surface area contributed by atoms with Gasteiger partial charge < -0.3 is 9.90 Å². The van der Waals surface area contributed by atoms with Gasteiger partial charge in [0.15, 0.2) is 0 Å². The predicted molar refractivity (Wildman–Crippen MR) is 110 cm³/mol. The normalized spacial score (nSPS) is 10.7. The monoisotopic (exact) mass is 380 g/mol. The van der Waals surface area contributed by atoms with Crippen molar-refractivity contribution in [2.45, 2.75) is 13.8 Å². The molecule has 4 aromatic rings. The number of aromatic nitrogens is 3. The van der Waals surface area contributed by atoms with E-state index < -0.39 is 5.97 Å². The summed E-state index contributed by atoms with van der Waals surface area (Å²) in [5, 5.41) is 11.5. The molecule has 0 bridgehead atoms. The van der Waals surface area contributed by atoms with Crippen molar-refractivity contribution in [2.24, 2.45) is 0 Å². The highest BCUT2D eigenvalue weighted by Crippen LogP contribution is 2.25. The summed E-state index contributed by atoms with van der Waals surface area (Å²) in [6.07, 6.45) is 3.43. The van der Waals surface area contributed by atoms with Crippen LogP contribution in [0, 0.1) is 13.8 Å². The average molecular weight is 380 g/mol. The topological polar surface area (TPSA) is 78.8 Å². The second-order valence-electron chi connectivity index (χ2n) is 6.93. The zero-order valence-corrected chi connectivity index (χ0v) is 16.1. The first-order chi connectivity index (χ1) is 14.0. The van der Waals surface area contributed by atoms with Gasteiger partial charge in [-0.25, -0.2) is 4.98 Å². The number of carboxylic acids is 1. The summed E-state index contributed by atoms with van der Waals surface area (Å²) in [4.78, 5) is 24.9. The van der Waals surface area contributed by atoms with Gasteiger partial charge in [-0.15, -0.1) is 0 Å². The van der Waals surface area contributed by atoms with E-state index in [1.807, 2.05) is 50.2 Å². The van der Waals surface area contributed by atoms with Crippen molar-refractivity contribution in [1.82, 2.24) is 15.0 Å². The molecule has 0 unspecified atom stereocenters. The van der Waals surface area contributed by atoms with Gasteiger partial charge in [0.2, 0.25) is 0 Å². The minimum atomic E-state index is -1.26. The summed E-state index contributed by atoms with van der Waals surface area (Å²) in [6, 6.07) is 18.7. The van der Waals surface area contributed by atoms with Gasteiger partial charge in [-0.05, 0) is 55.3 Å². The number of aromatic carboxylic acids is 1. The van der Waals surface area contributed by atoms with E-state index in [9.17, 15) is 9.90 Å². The highest BCUT2D eigenvalue weighted by molar-refractivity contribution is 5.88. The van der Waals surface area contributed by atoms with Crippen LogP contribution in [0.2, 0.25) is 0 Å². The number of carbonyl (C=O) groups is 1.